The van der Waals surface area contributed by atoms with E-state index in [0.29, 0.717) is 0 Å². The molecule has 1 fully saturated rings. The Labute approximate surface area is 120 Å². The molecule has 16 heteroatoms. The molecule has 0 aromatic heterocycles. The lowest BCUT2D eigenvalue weighted by atomic mass is 9.63. The fraction of sp³-hybridized carbons (Fsp3) is 1.00. The zero-order valence-electron chi connectivity index (χ0n) is 10.2. The molecular weight excluding hydrogens is 395 g/mol. The first-order chi connectivity index (χ1) is 10.0. The normalized spacial score (nSPS) is 38.0. The van der Waals surface area contributed by atoms with E-state index in [1.807, 2.05) is 0 Å². The Hall–Kier alpha value is -1.09. The van der Waals surface area contributed by atoms with Crippen LogP contribution >= 0.6 is 0 Å². The van der Waals surface area contributed by atoms with Gasteiger partial charge >= 0.3 is 41.7 Å². The highest BCUT2D eigenvalue weighted by Gasteiger charge is 3.06. The molecule has 1 aliphatic carbocycles. The Morgan fingerprint density at radius 3 is 1.04 bits per heavy atom. The molecular formula is C8H2F15N. The van der Waals surface area contributed by atoms with Crippen molar-refractivity contribution >= 4 is 0 Å². The lowest BCUT2D eigenvalue weighted by Gasteiger charge is -2.57. The maximum Gasteiger partial charge on any atom is 0.435 e. The molecule has 0 bridgehead atoms. The predicted octanol–water partition coefficient (Wildman–Crippen LogP) is 4.07. The van der Waals surface area contributed by atoms with Crippen LogP contribution in [0.2, 0.25) is 0 Å². The van der Waals surface area contributed by atoms with Crippen LogP contribution in [0.3, 0.4) is 0 Å². The van der Waals surface area contributed by atoms with Crippen molar-refractivity contribution in [3.05, 3.63) is 0 Å². The predicted molar refractivity (Wildman–Crippen MR) is 42.7 cm³/mol. The second-order valence-corrected chi connectivity index (χ2v) is 4.76. The monoisotopic (exact) mass is 397 g/mol. The van der Waals surface area contributed by atoms with Crippen molar-refractivity contribution in [3.8, 4) is 0 Å². The van der Waals surface area contributed by atoms with E-state index in [4.69, 9.17) is 0 Å². The molecule has 2 unspecified atom stereocenters. The van der Waals surface area contributed by atoms with Crippen LogP contribution < -0.4 is 5.73 Å². The van der Waals surface area contributed by atoms with Gasteiger partial charge in [0.1, 0.15) is 0 Å². The summed E-state index contributed by atoms with van der Waals surface area (Å²) in [7, 11) is 0. The maximum absolute atomic E-state index is 13.5. The van der Waals surface area contributed by atoms with Gasteiger partial charge in [-0.1, -0.05) is 0 Å². The molecule has 24 heavy (non-hydrogen) atoms. The summed E-state index contributed by atoms with van der Waals surface area (Å²) in [4.78, 5) is 0. The van der Waals surface area contributed by atoms with Crippen molar-refractivity contribution in [1.82, 2.24) is 0 Å². The van der Waals surface area contributed by atoms with Crippen molar-refractivity contribution in [2.75, 3.05) is 0 Å². The number of hydrogen-bond acceptors (Lipinski definition) is 1. The first kappa shape index (κ1) is 21.0. The van der Waals surface area contributed by atoms with Crippen LogP contribution in [0, 0.1) is 0 Å². The minimum absolute atomic E-state index is 3.38. The van der Waals surface area contributed by atoms with Gasteiger partial charge in [-0.3, -0.25) is 0 Å². The van der Waals surface area contributed by atoms with Crippen LogP contribution in [0.4, 0.5) is 65.9 Å². The summed E-state index contributed by atoms with van der Waals surface area (Å²) in [6.07, 6.45) is -15.4. The Morgan fingerprint density at radius 1 is 0.458 bits per heavy atom. The Bertz CT molecular complexity index is 485. The zero-order valence-corrected chi connectivity index (χ0v) is 10.2. The minimum Gasteiger partial charge on any atom is -0.307 e. The van der Waals surface area contributed by atoms with E-state index >= 15 is 0 Å². The molecule has 144 valence electrons. The van der Waals surface area contributed by atoms with Crippen molar-refractivity contribution in [2.45, 2.75) is 47.3 Å². The second kappa shape index (κ2) is 4.35. The Morgan fingerprint density at radius 2 is 0.792 bits per heavy atom. The largest absolute Gasteiger partial charge is 0.435 e. The van der Waals surface area contributed by atoms with Crippen LogP contribution in [0.25, 0.3) is 0 Å². The summed E-state index contributed by atoms with van der Waals surface area (Å²) in [5.41, 5.74) is -12.0. The van der Waals surface area contributed by atoms with Crippen molar-refractivity contribution in [1.29, 1.82) is 0 Å². The van der Waals surface area contributed by atoms with Crippen molar-refractivity contribution in [3.63, 3.8) is 0 Å². The fourth-order valence-electron chi connectivity index (χ4n) is 2.04. The molecule has 0 amide bonds. The molecule has 1 aliphatic rings. The molecule has 1 rings (SSSR count). The standard InChI is InChI=1S/C8H2F15N/c9-1(7(18,19)20)3(10,11)2(24,8(21,22)23)5(14,15)6(16,17)4(1,12)13/h24H2. The fourth-order valence-corrected chi connectivity index (χ4v) is 2.04. The van der Waals surface area contributed by atoms with E-state index < -0.39 is 47.3 Å². The van der Waals surface area contributed by atoms with E-state index in [9.17, 15) is 65.9 Å². The van der Waals surface area contributed by atoms with Gasteiger partial charge in [-0.25, -0.2) is 4.39 Å². The summed E-state index contributed by atoms with van der Waals surface area (Å²) in [6, 6.07) is 0. The molecule has 0 spiro atoms. The van der Waals surface area contributed by atoms with E-state index in [1.165, 1.54) is 0 Å². The van der Waals surface area contributed by atoms with Gasteiger partial charge in [-0.05, 0) is 0 Å². The topological polar surface area (TPSA) is 26.0 Å². The quantitative estimate of drug-likeness (QED) is 0.613. The van der Waals surface area contributed by atoms with Gasteiger partial charge in [0, 0.05) is 0 Å². The molecule has 0 aliphatic heterocycles. The number of alkyl halides is 15. The molecule has 0 aromatic carbocycles. The lowest BCUT2D eigenvalue weighted by Crippen LogP contribution is -2.94. The van der Waals surface area contributed by atoms with Crippen LogP contribution in [0.5, 0.6) is 0 Å². The van der Waals surface area contributed by atoms with E-state index in [2.05, 4.69) is 5.73 Å². The third-order valence-corrected chi connectivity index (χ3v) is 3.48. The Balaban J connectivity index is 4.14. The molecule has 1 saturated carbocycles. The number of nitrogens with two attached hydrogens (primary N) is 1. The molecule has 0 heterocycles. The summed E-state index contributed by atoms with van der Waals surface area (Å²) >= 11 is 0. The third-order valence-electron chi connectivity index (χ3n) is 3.48. The van der Waals surface area contributed by atoms with Gasteiger partial charge in [-0.15, -0.1) is 0 Å². The molecule has 0 aromatic rings. The number of halogens is 15. The average Bonchev–Trinajstić information content (AvgIpc) is 2.31. The second-order valence-electron chi connectivity index (χ2n) is 4.76. The Kier molecular flexibility index (Phi) is 3.80. The highest BCUT2D eigenvalue weighted by atomic mass is 19.4. The molecule has 0 saturated heterocycles. The summed E-state index contributed by atoms with van der Waals surface area (Å²) in [6.45, 7) is 0. The van der Waals surface area contributed by atoms with E-state index in [-0.39, 0.29) is 0 Å². The van der Waals surface area contributed by atoms with Gasteiger partial charge in [-0.2, -0.15) is 61.5 Å². The SMILES string of the molecule is NC1(C(F)(F)F)C(F)(F)C(F)(F)C(F)(F)C(F)(C(F)(F)F)C1(F)F. The van der Waals surface area contributed by atoms with Gasteiger partial charge in [0.25, 0.3) is 5.54 Å². The molecule has 0 radical (unpaired) electrons. The van der Waals surface area contributed by atoms with E-state index in [0.717, 1.165) is 0 Å². The van der Waals surface area contributed by atoms with Crippen molar-refractivity contribution in [2.24, 2.45) is 5.73 Å². The lowest BCUT2D eigenvalue weighted by molar-refractivity contribution is -0.503. The minimum atomic E-state index is -8.05. The van der Waals surface area contributed by atoms with Gasteiger partial charge in [0.05, 0.1) is 0 Å². The molecule has 2 atom stereocenters. The smallest absolute Gasteiger partial charge is 0.307 e. The van der Waals surface area contributed by atoms with Crippen LogP contribution in [0.1, 0.15) is 0 Å². The zero-order chi connectivity index (χ0) is 20.0. The van der Waals surface area contributed by atoms with E-state index in [1.54, 1.807) is 0 Å². The van der Waals surface area contributed by atoms with Gasteiger partial charge < -0.3 is 5.73 Å². The average molecular weight is 397 g/mol. The summed E-state index contributed by atoms with van der Waals surface area (Å²) in [5.74, 6) is -31.5. The van der Waals surface area contributed by atoms with Crippen LogP contribution in [-0.4, -0.2) is 47.3 Å². The van der Waals surface area contributed by atoms with Crippen molar-refractivity contribution < 1.29 is 65.9 Å². The van der Waals surface area contributed by atoms with Gasteiger partial charge in [0.15, 0.2) is 0 Å². The summed E-state index contributed by atoms with van der Waals surface area (Å²) in [5, 5.41) is 0. The highest BCUT2D eigenvalue weighted by molar-refractivity contribution is 5.34. The first-order valence-corrected chi connectivity index (χ1v) is 5.12. The number of hydrogen-bond donors (Lipinski definition) is 1. The van der Waals surface area contributed by atoms with Gasteiger partial charge in [0.2, 0.25) is 0 Å². The third kappa shape index (κ3) is 1.65. The number of rotatable bonds is 0. The maximum atomic E-state index is 13.5. The van der Waals surface area contributed by atoms with Crippen LogP contribution in [0.15, 0.2) is 0 Å². The molecule has 1 nitrogen and oxygen atoms in total. The highest BCUT2D eigenvalue weighted by Crippen LogP contribution is 2.72. The molecule has 2 N–H and O–H groups in total. The van der Waals surface area contributed by atoms with Crippen LogP contribution in [-0.2, 0) is 0 Å². The first-order valence-electron chi connectivity index (χ1n) is 5.12. The summed E-state index contributed by atoms with van der Waals surface area (Å²) < 4.78 is 193.